The summed E-state index contributed by atoms with van der Waals surface area (Å²) >= 11 is 0. The van der Waals surface area contributed by atoms with Crippen LogP contribution in [0.1, 0.15) is 25.7 Å². The maximum Gasteiger partial charge on any atom is 0.308 e. The van der Waals surface area contributed by atoms with Gasteiger partial charge in [-0.05, 0) is 49.3 Å². The van der Waals surface area contributed by atoms with Gasteiger partial charge >= 0.3 is 5.97 Å². The second-order valence-corrected chi connectivity index (χ2v) is 12.6. The predicted molar refractivity (Wildman–Crippen MR) is 154 cm³/mol. The number of fused-ring (bicyclic) bond motifs is 3. The second-order valence-electron chi connectivity index (χ2n) is 12.6. The summed E-state index contributed by atoms with van der Waals surface area (Å²) in [7, 11) is 1.48. The third-order valence-corrected chi connectivity index (χ3v) is 10.1. The SMILES string of the molecule is COC(=O)C1CC2(C1)CC(N1CCN(C(=O)CN3CCN4c5cc(-c6ccccc6O)nnc5NC[C@H]4C3)CC1)C2. The van der Waals surface area contributed by atoms with E-state index >= 15 is 0 Å². The van der Waals surface area contributed by atoms with Crippen LogP contribution in [-0.2, 0) is 14.3 Å². The van der Waals surface area contributed by atoms with Crippen molar-refractivity contribution in [2.24, 2.45) is 11.3 Å². The zero-order valence-electron chi connectivity index (χ0n) is 23.7. The van der Waals surface area contributed by atoms with Gasteiger partial charge in [-0.25, -0.2) is 0 Å². The van der Waals surface area contributed by atoms with E-state index in [1.807, 2.05) is 23.1 Å². The largest absolute Gasteiger partial charge is 0.507 e. The molecule has 2 saturated heterocycles. The van der Waals surface area contributed by atoms with Gasteiger partial charge in [-0.1, -0.05) is 12.1 Å². The number of carbonyl (C=O) groups excluding carboxylic acids is 2. The van der Waals surface area contributed by atoms with Gasteiger partial charge in [-0.3, -0.25) is 19.4 Å². The van der Waals surface area contributed by atoms with E-state index in [-0.39, 0.29) is 29.6 Å². The van der Waals surface area contributed by atoms with Gasteiger partial charge in [0.05, 0.1) is 37.0 Å². The summed E-state index contributed by atoms with van der Waals surface area (Å²) < 4.78 is 4.90. The first-order chi connectivity index (χ1) is 19.9. The number of phenolic OH excluding ortho intramolecular Hbond substituents is 1. The Labute approximate surface area is 240 Å². The maximum atomic E-state index is 13.3. The average molecular weight is 562 g/mol. The Bertz CT molecular complexity index is 1320. The van der Waals surface area contributed by atoms with E-state index in [1.54, 1.807) is 12.1 Å². The number of hydrogen-bond donors (Lipinski definition) is 2. The van der Waals surface area contributed by atoms with Gasteiger partial charge in [0, 0.05) is 64.0 Å². The summed E-state index contributed by atoms with van der Waals surface area (Å²) in [6, 6.07) is 10.0. The lowest BCUT2D eigenvalue weighted by molar-refractivity contribution is -0.164. The molecule has 11 nitrogen and oxygen atoms in total. The number of para-hydroxylation sites is 1. The van der Waals surface area contributed by atoms with Crippen LogP contribution in [0.5, 0.6) is 5.75 Å². The van der Waals surface area contributed by atoms with Gasteiger partial charge < -0.3 is 25.0 Å². The molecule has 0 bridgehead atoms. The molecular formula is C30H39N7O4. The first-order valence-electron chi connectivity index (χ1n) is 14.9. The zero-order chi connectivity index (χ0) is 28.1. The van der Waals surface area contributed by atoms with Gasteiger partial charge in [0.25, 0.3) is 0 Å². The third-order valence-electron chi connectivity index (χ3n) is 10.1. The highest BCUT2D eigenvalue weighted by Crippen LogP contribution is 2.60. The third kappa shape index (κ3) is 4.88. The van der Waals surface area contributed by atoms with Crippen molar-refractivity contribution in [2.75, 3.05) is 76.2 Å². The highest BCUT2D eigenvalue weighted by atomic mass is 16.5. The molecule has 1 aromatic heterocycles. The lowest BCUT2D eigenvalue weighted by Crippen LogP contribution is -2.62. The van der Waals surface area contributed by atoms with Crippen LogP contribution in [0.4, 0.5) is 11.5 Å². The quantitative estimate of drug-likeness (QED) is 0.522. The fourth-order valence-electron chi connectivity index (χ4n) is 7.80. The number of benzene rings is 1. The monoisotopic (exact) mass is 561 g/mol. The van der Waals surface area contributed by atoms with Crippen LogP contribution in [0.15, 0.2) is 30.3 Å². The number of ether oxygens (including phenoxy) is 1. The zero-order valence-corrected chi connectivity index (χ0v) is 23.7. The number of esters is 1. The van der Waals surface area contributed by atoms with Crippen LogP contribution in [-0.4, -0.2) is 120 Å². The van der Waals surface area contributed by atoms with Crippen molar-refractivity contribution >= 4 is 23.4 Å². The standard InChI is InChI=1S/C30H39N7O4/c1-41-29(40)20-13-30(14-20)15-21(16-30)35-7-9-36(10-8-35)27(39)19-34-6-11-37-22(18-34)17-31-28-25(37)12-24(32-33-28)23-4-2-3-5-26(23)38/h2-5,12,20-22,38H,6-11,13-19H2,1H3,(H,31,33)/t20?,21?,22-,30?/m0/s1. The van der Waals surface area contributed by atoms with E-state index in [1.165, 1.54) is 20.0 Å². The van der Waals surface area contributed by atoms with Crippen LogP contribution in [0.2, 0.25) is 0 Å². The molecule has 2 aromatic rings. The molecule has 0 radical (unpaired) electrons. The molecule has 11 heteroatoms. The van der Waals surface area contributed by atoms with Crippen LogP contribution in [0, 0.1) is 11.3 Å². The Morgan fingerprint density at radius 3 is 2.56 bits per heavy atom. The van der Waals surface area contributed by atoms with Gasteiger partial charge in [-0.2, -0.15) is 0 Å². The van der Waals surface area contributed by atoms with Crippen LogP contribution in [0.25, 0.3) is 11.3 Å². The lowest BCUT2D eigenvalue weighted by Gasteiger charge is -2.60. The number of aromatic nitrogens is 2. The first kappa shape index (κ1) is 26.5. The van der Waals surface area contributed by atoms with Crippen molar-refractivity contribution in [3.8, 4) is 17.0 Å². The van der Waals surface area contributed by atoms with E-state index in [4.69, 9.17) is 4.74 Å². The molecule has 2 aliphatic carbocycles. The van der Waals surface area contributed by atoms with E-state index in [0.717, 1.165) is 76.7 Å². The summed E-state index contributed by atoms with van der Waals surface area (Å²) in [5, 5.41) is 22.5. The van der Waals surface area contributed by atoms with Crippen molar-refractivity contribution in [1.29, 1.82) is 0 Å². The minimum absolute atomic E-state index is 0.0511. The number of rotatable bonds is 5. The molecule has 0 unspecified atom stereocenters. The summed E-state index contributed by atoms with van der Waals surface area (Å²) in [4.78, 5) is 34.2. The smallest absolute Gasteiger partial charge is 0.308 e. The number of amides is 1. The topological polar surface area (TPSA) is 114 Å². The number of hydrogen-bond acceptors (Lipinski definition) is 10. The highest BCUT2D eigenvalue weighted by Gasteiger charge is 2.56. The Morgan fingerprint density at radius 1 is 1.02 bits per heavy atom. The van der Waals surface area contributed by atoms with Crippen molar-refractivity contribution in [2.45, 2.75) is 37.8 Å². The number of methoxy groups -OCH3 is 1. The van der Waals surface area contributed by atoms with E-state index in [2.05, 4.69) is 30.2 Å². The van der Waals surface area contributed by atoms with Crippen molar-refractivity contribution in [1.82, 2.24) is 24.9 Å². The molecule has 3 aliphatic heterocycles. The van der Waals surface area contributed by atoms with Gasteiger partial charge in [0.1, 0.15) is 5.75 Å². The molecule has 1 spiro atoms. The summed E-state index contributed by atoms with van der Waals surface area (Å²) in [5.41, 5.74) is 2.68. The Hall–Kier alpha value is -3.44. The summed E-state index contributed by atoms with van der Waals surface area (Å²) in [6.07, 6.45) is 4.32. The Kier molecular flexibility index (Phi) is 6.73. The molecule has 1 amide bonds. The highest BCUT2D eigenvalue weighted by molar-refractivity contribution is 5.79. The van der Waals surface area contributed by atoms with Crippen LogP contribution < -0.4 is 10.2 Å². The first-order valence-corrected chi connectivity index (χ1v) is 14.9. The number of carbonyl (C=O) groups is 2. The molecular weight excluding hydrogens is 522 g/mol. The van der Waals surface area contributed by atoms with Gasteiger partial charge in [0.2, 0.25) is 5.91 Å². The van der Waals surface area contributed by atoms with Crippen LogP contribution >= 0.6 is 0 Å². The predicted octanol–water partition coefficient (Wildman–Crippen LogP) is 1.64. The number of anilines is 2. The number of aromatic hydroxyl groups is 1. The second kappa shape index (κ2) is 10.4. The Morgan fingerprint density at radius 2 is 1.80 bits per heavy atom. The fourth-order valence-corrected chi connectivity index (χ4v) is 7.80. The normalized spacial score (nSPS) is 29.5. The number of piperazine rings is 2. The molecule has 41 heavy (non-hydrogen) atoms. The average Bonchev–Trinajstić information content (AvgIpc) is 2.95. The Balaban J connectivity index is 0.893. The molecule has 2 N–H and O–H groups in total. The molecule has 4 heterocycles. The van der Waals surface area contributed by atoms with Gasteiger partial charge in [-0.15, -0.1) is 10.2 Å². The van der Waals surface area contributed by atoms with Crippen molar-refractivity contribution in [3.63, 3.8) is 0 Å². The van der Waals surface area contributed by atoms with E-state index < -0.39 is 0 Å². The maximum absolute atomic E-state index is 13.3. The minimum atomic E-state index is -0.0511. The molecule has 2 saturated carbocycles. The summed E-state index contributed by atoms with van der Waals surface area (Å²) in [6.45, 7) is 7.09. The molecule has 1 atom stereocenters. The van der Waals surface area contributed by atoms with E-state index in [9.17, 15) is 14.7 Å². The molecule has 1 aromatic carbocycles. The molecule has 218 valence electrons. The molecule has 5 aliphatic rings. The number of nitrogens with zero attached hydrogens (tertiary/aromatic N) is 6. The van der Waals surface area contributed by atoms with E-state index in [0.29, 0.717) is 29.3 Å². The van der Waals surface area contributed by atoms with Crippen LogP contribution in [0.3, 0.4) is 0 Å². The minimum Gasteiger partial charge on any atom is -0.507 e. The van der Waals surface area contributed by atoms with Crippen molar-refractivity contribution < 1.29 is 19.4 Å². The fraction of sp³-hybridized carbons (Fsp3) is 0.600. The number of nitrogens with one attached hydrogen (secondary N) is 1. The number of phenols is 1. The van der Waals surface area contributed by atoms with Crippen molar-refractivity contribution in [3.05, 3.63) is 30.3 Å². The molecule has 4 fully saturated rings. The van der Waals surface area contributed by atoms with Gasteiger partial charge in [0.15, 0.2) is 5.82 Å². The molecule has 7 rings (SSSR count). The summed E-state index contributed by atoms with van der Waals surface area (Å²) in [5.74, 6) is 1.23. The lowest BCUT2D eigenvalue weighted by atomic mass is 9.49.